The van der Waals surface area contributed by atoms with Crippen LogP contribution < -0.4 is 10.6 Å². The quantitative estimate of drug-likeness (QED) is 0.384. The minimum Gasteiger partial charge on any atom is -0.356 e. The Morgan fingerprint density at radius 2 is 1.88 bits per heavy atom. The van der Waals surface area contributed by atoms with E-state index in [0.717, 1.165) is 44.2 Å². The molecule has 5 nitrogen and oxygen atoms in total. The molecule has 0 aromatic heterocycles. The van der Waals surface area contributed by atoms with Gasteiger partial charge >= 0.3 is 0 Å². The fourth-order valence-electron chi connectivity index (χ4n) is 2.89. The van der Waals surface area contributed by atoms with E-state index in [-0.39, 0.29) is 29.8 Å². The van der Waals surface area contributed by atoms with Crippen LogP contribution in [0.1, 0.15) is 12.0 Å². The summed E-state index contributed by atoms with van der Waals surface area (Å²) in [6, 6.07) is 6.90. The van der Waals surface area contributed by atoms with Gasteiger partial charge < -0.3 is 20.4 Å². The second-order valence-electron chi connectivity index (χ2n) is 6.27. The van der Waals surface area contributed by atoms with Crippen LogP contribution in [-0.2, 0) is 6.42 Å². The number of benzene rings is 1. The normalized spacial score (nSPS) is 16.8. The number of rotatable bonds is 6. The Kier molecular flexibility index (Phi) is 11.0. The molecule has 0 unspecified atom stereocenters. The van der Waals surface area contributed by atoms with E-state index in [2.05, 4.69) is 32.5 Å². The predicted octanol–water partition coefficient (Wildman–Crippen LogP) is 1.79. The molecule has 0 saturated carbocycles. The third-order valence-corrected chi connectivity index (χ3v) is 4.40. The molecule has 0 bridgehead atoms. The lowest BCUT2D eigenvalue weighted by Crippen LogP contribution is -2.42. The van der Waals surface area contributed by atoms with Crippen molar-refractivity contribution >= 4 is 29.9 Å². The fraction of sp³-hybridized carbons (Fsp3) is 0.611. The molecule has 1 aromatic rings. The van der Waals surface area contributed by atoms with Crippen LogP contribution in [0.2, 0.25) is 0 Å². The molecule has 25 heavy (non-hydrogen) atoms. The van der Waals surface area contributed by atoms with Crippen LogP contribution in [-0.4, -0.2) is 75.7 Å². The van der Waals surface area contributed by atoms with Gasteiger partial charge in [0.2, 0.25) is 0 Å². The van der Waals surface area contributed by atoms with Crippen molar-refractivity contribution in [1.82, 2.24) is 20.4 Å². The Bertz CT molecular complexity index is 526. The monoisotopic (exact) mass is 463 g/mol. The van der Waals surface area contributed by atoms with E-state index in [0.29, 0.717) is 13.0 Å². The van der Waals surface area contributed by atoms with Crippen molar-refractivity contribution in [3.05, 3.63) is 35.6 Å². The van der Waals surface area contributed by atoms with E-state index in [1.807, 2.05) is 12.1 Å². The van der Waals surface area contributed by atoms with Crippen molar-refractivity contribution < 1.29 is 4.39 Å². The Morgan fingerprint density at radius 1 is 1.12 bits per heavy atom. The van der Waals surface area contributed by atoms with Gasteiger partial charge in [0, 0.05) is 39.8 Å². The van der Waals surface area contributed by atoms with Crippen LogP contribution >= 0.6 is 24.0 Å². The van der Waals surface area contributed by atoms with Crippen molar-refractivity contribution in [3.8, 4) is 0 Å². The third kappa shape index (κ3) is 8.33. The maximum absolute atomic E-state index is 13.6. The van der Waals surface area contributed by atoms with Gasteiger partial charge in [0.1, 0.15) is 5.82 Å². The van der Waals surface area contributed by atoms with Crippen molar-refractivity contribution in [1.29, 1.82) is 0 Å². The molecule has 0 amide bonds. The second kappa shape index (κ2) is 12.4. The molecule has 1 fully saturated rings. The van der Waals surface area contributed by atoms with Crippen LogP contribution in [0.4, 0.5) is 4.39 Å². The minimum absolute atomic E-state index is 0. The van der Waals surface area contributed by atoms with Gasteiger partial charge in [0.05, 0.1) is 0 Å². The van der Waals surface area contributed by atoms with Gasteiger partial charge in [-0.05, 0) is 44.6 Å². The molecule has 1 aliphatic heterocycles. The maximum atomic E-state index is 13.6. The molecule has 1 aromatic carbocycles. The molecular formula is C18H31FIN5. The number of guanidine groups is 1. The summed E-state index contributed by atoms with van der Waals surface area (Å²) >= 11 is 0. The molecule has 2 rings (SSSR count). The van der Waals surface area contributed by atoms with Crippen LogP contribution in [0.5, 0.6) is 0 Å². The Labute approximate surface area is 168 Å². The molecular weight excluding hydrogens is 432 g/mol. The first-order chi connectivity index (χ1) is 11.7. The van der Waals surface area contributed by atoms with E-state index in [9.17, 15) is 4.39 Å². The van der Waals surface area contributed by atoms with Gasteiger partial charge in [0.25, 0.3) is 0 Å². The van der Waals surface area contributed by atoms with Gasteiger partial charge in [-0.2, -0.15) is 0 Å². The zero-order chi connectivity index (χ0) is 17.2. The Hall–Kier alpha value is -0.930. The van der Waals surface area contributed by atoms with E-state index in [4.69, 9.17) is 0 Å². The number of hydrogen-bond donors (Lipinski definition) is 2. The first-order valence-electron chi connectivity index (χ1n) is 8.78. The maximum Gasteiger partial charge on any atom is 0.191 e. The number of likely N-dealkylation sites (N-methyl/N-ethyl adjacent to an activating group) is 1. The highest BCUT2D eigenvalue weighted by Gasteiger charge is 2.11. The lowest BCUT2D eigenvalue weighted by atomic mass is 10.1. The SMILES string of the molecule is CN=C(NCCc1ccccc1F)NCCN1CCCN(C)CC1.I. The summed E-state index contributed by atoms with van der Waals surface area (Å²) in [6.45, 7) is 7.14. The van der Waals surface area contributed by atoms with Crippen LogP contribution in [0.25, 0.3) is 0 Å². The first-order valence-corrected chi connectivity index (χ1v) is 8.78. The summed E-state index contributed by atoms with van der Waals surface area (Å²) in [4.78, 5) is 9.10. The molecule has 0 aliphatic carbocycles. The molecule has 1 aliphatic rings. The molecule has 142 valence electrons. The van der Waals surface area contributed by atoms with Crippen molar-refractivity contribution in [3.63, 3.8) is 0 Å². The van der Waals surface area contributed by atoms with Gasteiger partial charge in [0.15, 0.2) is 5.96 Å². The molecule has 2 N–H and O–H groups in total. The summed E-state index contributed by atoms with van der Waals surface area (Å²) in [5.74, 6) is 0.631. The van der Waals surface area contributed by atoms with Crippen LogP contribution in [0.3, 0.4) is 0 Å². The Morgan fingerprint density at radius 3 is 2.64 bits per heavy atom. The zero-order valence-corrected chi connectivity index (χ0v) is 17.6. The van der Waals surface area contributed by atoms with Gasteiger partial charge in [-0.1, -0.05) is 18.2 Å². The average molecular weight is 463 g/mol. The number of halogens is 2. The first kappa shape index (κ1) is 22.1. The number of nitrogens with zero attached hydrogens (tertiary/aromatic N) is 3. The van der Waals surface area contributed by atoms with Gasteiger partial charge in [-0.25, -0.2) is 4.39 Å². The molecule has 0 atom stereocenters. The lowest BCUT2D eigenvalue weighted by molar-refractivity contribution is 0.280. The average Bonchev–Trinajstić information content (AvgIpc) is 2.79. The highest BCUT2D eigenvalue weighted by Crippen LogP contribution is 2.06. The molecule has 1 saturated heterocycles. The summed E-state index contributed by atoms with van der Waals surface area (Å²) in [5.41, 5.74) is 0.731. The van der Waals surface area contributed by atoms with Crippen LogP contribution in [0, 0.1) is 5.82 Å². The topological polar surface area (TPSA) is 42.9 Å². The van der Waals surface area contributed by atoms with Gasteiger partial charge in [-0.15, -0.1) is 24.0 Å². The van der Waals surface area contributed by atoms with Crippen LogP contribution in [0.15, 0.2) is 29.3 Å². The predicted molar refractivity (Wildman–Crippen MR) is 113 cm³/mol. The fourth-order valence-corrected chi connectivity index (χ4v) is 2.89. The largest absolute Gasteiger partial charge is 0.356 e. The third-order valence-electron chi connectivity index (χ3n) is 4.40. The van der Waals surface area contributed by atoms with E-state index in [1.165, 1.54) is 19.0 Å². The van der Waals surface area contributed by atoms with Crippen molar-refractivity contribution in [2.45, 2.75) is 12.8 Å². The lowest BCUT2D eigenvalue weighted by Gasteiger charge is -2.21. The summed E-state index contributed by atoms with van der Waals surface area (Å²) in [5, 5.41) is 6.59. The summed E-state index contributed by atoms with van der Waals surface area (Å²) < 4.78 is 13.6. The molecule has 0 spiro atoms. The summed E-state index contributed by atoms with van der Waals surface area (Å²) in [6.07, 6.45) is 1.87. The number of nitrogens with one attached hydrogen (secondary N) is 2. The van der Waals surface area contributed by atoms with E-state index in [1.54, 1.807) is 13.1 Å². The standard InChI is InChI=1S/C18H30FN5.HI/c1-20-18(21-9-8-16-6-3-4-7-17(16)19)22-10-13-24-12-5-11-23(2)14-15-24;/h3-4,6-7H,5,8-15H2,1-2H3,(H2,20,21,22);1H. The zero-order valence-electron chi connectivity index (χ0n) is 15.3. The second-order valence-corrected chi connectivity index (χ2v) is 6.27. The molecule has 7 heteroatoms. The van der Waals surface area contributed by atoms with Gasteiger partial charge in [-0.3, -0.25) is 4.99 Å². The van der Waals surface area contributed by atoms with Crippen molar-refractivity contribution in [2.75, 3.05) is 59.9 Å². The van der Waals surface area contributed by atoms with E-state index < -0.39 is 0 Å². The number of aliphatic imine (C=N–C) groups is 1. The van der Waals surface area contributed by atoms with Crippen molar-refractivity contribution in [2.24, 2.45) is 4.99 Å². The highest BCUT2D eigenvalue weighted by molar-refractivity contribution is 14.0. The Balaban J connectivity index is 0.00000312. The molecule has 0 radical (unpaired) electrons. The highest BCUT2D eigenvalue weighted by atomic mass is 127. The van der Waals surface area contributed by atoms with E-state index >= 15 is 0 Å². The summed E-state index contributed by atoms with van der Waals surface area (Å²) in [7, 11) is 3.95. The smallest absolute Gasteiger partial charge is 0.191 e. The molecule has 1 heterocycles. The minimum atomic E-state index is -0.145. The number of hydrogen-bond acceptors (Lipinski definition) is 3.